The zero-order valence-corrected chi connectivity index (χ0v) is 13.3. The van der Waals surface area contributed by atoms with Crippen molar-refractivity contribution in [1.82, 2.24) is 9.78 Å². The van der Waals surface area contributed by atoms with Gasteiger partial charge in [0.15, 0.2) is 0 Å². The van der Waals surface area contributed by atoms with E-state index in [4.69, 9.17) is 0 Å². The summed E-state index contributed by atoms with van der Waals surface area (Å²) >= 11 is 0. The molecule has 0 bridgehead atoms. The molecule has 3 rings (SSSR count). The SMILES string of the molecule is CCc1ccc(-c2nn(C)c(=O)c3ccccc23)c(CC)c1. The van der Waals surface area contributed by atoms with Gasteiger partial charge in [-0.3, -0.25) is 4.79 Å². The van der Waals surface area contributed by atoms with Crippen LogP contribution in [0.1, 0.15) is 25.0 Å². The second-order valence-electron chi connectivity index (χ2n) is 5.52. The molecule has 1 heterocycles. The van der Waals surface area contributed by atoms with Crippen LogP contribution in [0.4, 0.5) is 0 Å². The zero-order valence-electron chi connectivity index (χ0n) is 13.3. The minimum atomic E-state index is -0.0532. The van der Waals surface area contributed by atoms with Crippen LogP contribution in [0, 0.1) is 0 Å². The van der Waals surface area contributed by atoms with Gasteiger partial charge in [-0.2, -0.15) is 5.10 Å². The van der Waals surface area contributed by atoms with Gasteiger partial charge in [-0.25, -0.2) is 4.68 Å². The Labute approximate surface area is 130 Å². The lowest BCUT2D eigenvalue weighted by Gasteiger charge is -2.13. The molecule has 0 radical (unpaired) electrons. The van der Waals surface area contributed by atoms with E-state index in [0.717, 1.165) is 34.9 Å². The topological polar surface area (TPSA) is 34.9 Å². The highest BCUT2D eigenvalue weighted by Gasteiger charge is 2.13. The number of benzene rings is 2. The summed E-state index contributed by atoms with van der Waals surface area (Å²) in [5, 5.41) is 6.18. The number of fused-ring (bicyclic) bond motifs is 1. The summed E-state index contributed by atoms with van der Waals surface area (Å²) in [7, 11) is 1.71. The maximum Gasteiger partial charge on any atom is 0.274 e. The predicted octanol–water partition coefficient (Wildman–Crippen LogP) is 3.73. The van der Waals surface area contributed by atoms with E-state index in [0.29, 0.717) is 0 Å². The van der Waals surface area contributed by atoms with E-state index in [1.807, 2.05) is 24.3 Å². The van der Waals surface area contributed by atoms with Crippen LogP contribution in [0.25, 0.3) is 22.0 Å². The van der Waals surface area contributed by atoms with Crippen molar-refractivity contribution in [3.63, 3.8) is 0 Å². The van der Waals surface area contributed by atoms with Crippen LogP contribution in [0.15, 0.2) is 47.3 Å². The number of rotatable bonds is 3. The smallest absolute Gasteiger partial charge is 0.267 e. The summed E-state index contributed by atoms with van der Waals surface area (Å²) in [5.41, 5.74) is 4.55. The Morgan fingerprint density at radius 2 is 1.73 bits per heavy atom. The lowest BCUT2D eigenvalue weighted by molar-refractivity contribution is 0.722. The van der Waals surface area contributed by atoms with Crippen LogP contribution >= 0.6 is 0 Å². The molecule has 0 fully saturated rings. The third-order valence-corrected chi connectivity index (χ3v) is 4.17. The molecule has 0 unspecified atom stereocenters. The highest BCUT2D eigenvalue weighted by molar-refractivity contribution is 5.94. The molecule has 3 heteroatoms. The van der Waals surface area contributed by atoms with Gasteiger partial charge < -0.3 is 0 Å². The van der Waals surface area contributed by atoms with Crippen molar-refractivity contribution in [3.05, 3.63) is 63.9 Å². The van der Waals surface area contributed by atoms with E-state index in [2.05, 4.69) is 37.1 Å². The van der Waals surface area contributed by atoms with Crippen molar-refractivity contribution in [3.8, 4) is 11.3 Å². The minimum Gasteiger partial charge on any atom is -0.267 e. The zero-order chi connectivity index (χ0) is 15.7. The summed E-state index contributed by atoms with van der Waals surface area (Å²) in [6.45, 7) is 4.32. The fourth-order valence-electron chi connectivity index (χ4n) is 2.89. The van der Waals surface area contributed by atoms with E-state index in [1.54, 1.807) is 7.05 Å². The molecule has 0 N–H and O–H groups in total. The Morgan fingerprint density at radius 3 is 2.41 bits per heavy atom. The Morgan fingerprint density at radius 1 is 1.00 bits per heavy atom. The number of aromatic nitrogens is 2. The van der Waals surface area contributed by atoms with Gasteiger partial charge >= 0.3 is 0 Å². The molecule has 0 aliphatic heterocycles. The molecule has 0 aliphatic carbocycles. The van der Waals surface area contributed by atoms with Crippen molar-refractivity contribution >= 4 is 10.8 Å². The van der Waals surface area contributed by atoms with Gasteiger partial charge in [-0.1, -0.05) is 50.2 Å². The summed E-state index contributed by atoms with van der Waals surface area (Å²) in [6.07, 6.45) is 1.97. The van der Waals surface area contributed by atoms with Crippen molar-refractivity contribution in [2.75, 3.05) is 0 Å². The molecule has 22 heavy (non-hydrogen) atoms. The van der Waals surface area contributed by atoms with Crippen LogP contribution in [0.3, 0.4) is 0 Å². The van der Waals surface area contributed by atoms with Gasteiger partial charge in [-0.15, -0.1) is 0 Å². The first-order valence-electron chi connectivity index (χ1n) is 7.74. The number of nitrogens with zero attached hydrogens (tertiary/aromatic N) is 2. The maximum absolute atomic E-state index is 12.3. The molecule has 0 amide bonds. The predicted molar refractivity (Wildman–Crippen MR) is 91.2 cm³/mol. The normalized spacial score (nSPS) is 11.0. The first-order valence-corrected chi connectivity index (χ1v) is 7.74. The number of hydrogen-bond donors (Lipinski definition) is 0. The molecule has 112 valence electrons. The quantitative estimate of drug-likeness (QED) is 0.737. The van der Waals surface area contributed by atoms with Gasteiger partial charge in [0, 0.05) is 18.0 Å². The summed E-state index contributed by atoms with van der Waals surface area (Å²) in [6, 6.07) is 14.2. The van der Waals surface area contributed by atoms with E-state index < -0.39 is 0 Å². The van der Waals surface area contributed by atoms with Gasteiger partial charge in [0.25, 0.3) is 5.56 Å². The Hall–Kier alpha value is -2.42. The lowest BCUT2D eigenvalue weighted by atomic mass is 9.96. The van der Waals surface area contributed by atoms with Gasteiger partial charge in [0.05, 0.1) is 11.1 Å². The summed E-state index contributed by atoms with van der Waals surface area (Å²) in [5.74, 6) is 0. The highest BCUT2D eigenvalue weighted by atomic mass is 16.1. The van der Waals surface area contributed by atoms with Crippen LogP contribution in [-0.2, 0) is 19.9 Å². The van der Waals surface area contributed by atoms with E-state index in [9.17, 15) is 4.79 Å². The van der Waals surface area contributed by atoms with Crippen molar-refractivity contribution < 1.29 is 0 Å². The summed E-state index contributed by atoms with van der Waals surface area (Å²) in [4.78, 5) is 12.3. The third kappa shape index (κ3) is 2.33. The molecule has 2 aromatic carbocycles. The molecule has 0 saturated heterocycles. The molecular weight excluding hydrogens is 272 g/mol. The molecule has 1 aromatic heterocycles. The fourth-order valence-corrected chi connectivity index (χ4v) is 2.89. The van der Waals surface area contributed by atoms with Crippen LogP contribution in [-0.4, -0.2) is 9.78 Å². The van der Waals surface area contributed by atoms with Crippen LogP contribution in [0.5, 0.6) is 0 Å². The fraction of sp³-hybridized carbons (Fsp3) is 0.263. The first-order chi connectivity index (χ1) is 10.7. The largest absolute Gasteiger partial charge is 0.274 e. The minimum absolute atomic E-state index is 0.0532. The van der Waals surface area contributed by atoms with Crippen molar-refractivity contribution in [2.24, 2.45) is 7.05 Å². The monoisotopic (exact) mass is 292 g/mol. The molecule has 0 atom stereocenters. The van der Waals surface area contributed by atoms with Gasteiger partial charge in [0.2, 0.25) is 0 Å². The first kappa shape index (κ1) is 14.5. The van der Waals surface area contributed by atoms with Crippen LogP contribution in [0.2, 0.25) is 0 Å². The molecule has 3 aromatic rings. The Kier molecular flexibility index (Phi) is 3.80. The highest BCUT2D eigenvalue weighted by Crippen LogP contribution is 2.28. The average molecular weight is 292 g/mol. The molecule has 3 nitrogen and oxygen atoms in total. The Balaban J connectivity index is 2.36. The van der Waals surface area contributed by atoms with Crippen molar-refractivity contribution in [1.29, 1.82) is 0 Å². The number of hydrogen-bond acceptors (Lipinski definition) is 2. The summed E-state index contributed by atoms with van der Waals surface area (Å²) < 4.78 is 1.44. The van der Waals surface area contributed by atoms with E-state index in [-0.39, 0.29) is 5.56 Å². The van der Waals surface area contributed by atoms with Gasteiger partial charge in [0.1, 0.15) is 0 Å². The standard InChI is InChI=1S/C19H20N2O/c1-4-13-10-11-15(14(5-2)12-13)18-16-8-6-7-9-17(16)19(22)21(3)20-18/h6-12H,4-5H2,1-3H3. The van der Waals surface area contributed by atoms with Crippen LogP contribution < -0.4 is 5.56 Å². The van der Waals surface area contributed by atoms with E-state index >= 15 is 0 Å². The second-order valence-corrected chi connectivity index (χ2v) is 5.52. The van der Waals surface area contributed by atoms with Gasteiger partial charge in [-0.05, 0) is 30.0 Å². The maximum atomic E-state index is 12.3. The molecular formula is C19H20N2O. The molecule has 0 aliphatic rings. The van der Waals surface area contributed by atoms with Crippen molar-refractivity contribution in [2.45, 2.75) is 26.7 Å². The second kappa shape index (κ2) is 5.76. The van der Waals surface area contributed by atoms with E-state index in [1.165, 1.54) is 15.8 Å². The lowest BCUT2D eigenvalue weighted by Crippen LogP contribution is -2.20. The molecule has 0 spiro atoms. The number of aryl methyl sites for hydroxylation is 3. The average Bonchev–Trinajstić information content (AvgIpc) is 2.57. The third-order valence-electron chi connectivity index (χ3n) is 4.17. The Bertz CT molecular complexity index is 894. The molecule has 0 saturated carbocycles.